The average molecular weight is 271 g/mol. The second-order valence-electron chi connectivity index (χ2n) is 3.65. The van der Waals surface area contributed by atoms with Gasteiger partial charge in [0.1, 0.15) is 11.5 Å². The number of hydrogen-bond acceptors (Lipinski definition) is 5. The van der Waals surface area contributed by atoms with E-state index in [1.165, 1.54) is 0 Å². The summed E-state index contributed by atoms with van der Waals surface area (Å²) in [5.41, 5.74) is 0.260. The fourth-order valence-electron chi connectivity index (χ4n) is 1.26. The summed E-state index contributed by atoms with van der Waals surface area (Å²) >= 11 is 0. The average Bonchev–Trinajstić information content (AvgIpc) is 2.38. The molecule has 18 heavy (non-hydrogen) atoms. The standard InChI is InChI=1S/C11H17N3O3S/c1-3-18(16,17)8-7-13-11(15)9-5-4-6-10(12-2)14-9/h4-6H,3,7-8H2,1-2H3,(H,12,14)(H,13,15). The molecule has 2 N–H and O–H groups in total. The third-order valence-corrected chi connectivity index (χ3v) is 4.08. The Morgan fingerprint density at radius 2 is 2.11 bits per heavy atom. The Morgan fingerprint density at radius 1 is 1.39 bits per heavy atom. The molecule has 0 spiro atoms. The van der Waals surface area contributed by atoms with Crippen molar-refractivity contribution >= 4 is 21.6 Å². The van der Waals surface area contributed by atoms with Gasteiger partial charge >= 0.3 is 0 Å². The van der Waals surface area contributed by atoms with Crippen LogP contribution in [0.1, 0.15) is 17.4 Å². The monoisotopic (exact) mass is 271 g/mol. The summed E-state index contributed by atoms with van der Waals surface area (Å²) < 4.78 is 22.5. The third kappa shape index (κ3) is 4.33. The summed E-state index contributed by atoms with van der Waals surface area (Å²) in [5.74, 6) is 0.236. The van der Waals surface area contributed by atoms with Gasteiger partial charge in [-0.15, -0.1) is 0 Å². The maximum Gasteiger partial charge on any atom is 0.269 e. The molecule has 0 aromatic carbocycles. The zero-order chi connectivity index (χ0) is 13.6. The lowest BCUT2D eigenvalue weighted by molar-refractivity contribution is 0.0951. The van der Waals surface area contributed by atoms with Crippen molar-refractivity contribution in [1.29, 1.82) is 0 Å². The predicted molar refractivity (Wildman–Crippen MR) is 70.4 cm³/mol. The van der Waals surface area contributed by atoms with E-state index in [0.717, 1.165) is 0 Å². The van der Waals surface area contributed by atoms with E-state index in [4.69, 9.17) is 0 Å². The van der Waals surface area contributed by atoms with Crippen LogP contribution in [0, 0.1) is 0 Å². The van der Waals surface area contributed by atoms with Gasteiger partial charge in [-0.2, -0.15) is 0 Å². The second-order valence-corrected chi connectivity index (χ2v) is 6.12. The first-order valence-electron chi connectivity index (χ1n) is 5.62. The maximum absolute atomic E-state index is 11.7. The summed E-state index contributed by atoms with van der Waals surface area (Å²) in [7, 11) is -1.35. The van der Waals surface area contributed by atoms with Crippen LogP contribution in [0.25, 0.3) is 0 Å². The Balaban J connectivity index is 2.55. The number of carbonyl (C=O) groups excluding carboxylic acids is 1. The molecule has 1 heterocycles. The van der Waals surface area contributed by atoms with E-state index in [1.807, 2.05) is 0 Å². The molecular formula is C11H17N3O3S. The highest BCUT2D eigenvalue weighted by molar-refractivity contribution is 7.91. The molecule has 0 aliphatic carbocycles. The third-order valence-electron chi connectivity index (χ3n) is 2.38. The molecule has 1 aromatic heterocycles. The first kappa shape index (κ1) is 14.4. The van der Waals surface area contributed by atoms with E-state index < -0.39 is 9.84 Å². The quantitative estimate of drug-likeness (QED) is 0.776. The van der Waals surface area contributed by atoms with Crippen molar-refractivity contribution in [1.82, 2.24) is 10.3 Å². The number of rotatable bonds is 6. The van der Waals surface area contributed by atoms with Crippen molar-refractivity contribution < 1.29 is 13.2 Å². The molecule has 0 atom stereocenters. The normalized spacial score (nSPS) is 11.0. The minimum absolute atomic E-state index is 0.0546. The van der Waals surface area contributed by atoms with Crippen LogP contribution in [0.3, 0.4) is 0 Å². The number of aromatic nitrogens is 1. The molecule has 1 amide bonds. The number of carbonyl (C=O) groups is 1. The Bertz CT molecular complexity index is 514. The zero-order valence-corrected chi connectivity index (χ0v) is 11.3. The van der Waals surface area contributed by atoms with Crippen molar-refractivity contribution in [2.75, 3.05) is 30.4 Å². The second kappa shape index (κ2) is 6.34. The van der Waals surface area contributed by atoms with Gasteiger partial charge in [-0.3, -0.25) is 4.79 Å². The highest BCUT2D eigenvalue weighted by Gasteiger charge is 2.10. The summed E-state index contributed by atoms with van der Waals surface area (Å²) in [6, 6.07) is 5.01. The molecule has 0 saturated carbocycles. The molecule has 7 heteroatoms. The summed E-state index contributed by atoms with van der Waals surface area (Å²) in [4.78, 5) is 15.7. The van der Waals surface area contributed by atoms with Crippen molar-refractivity contribution in [3.63, 3.8) is 0 Å². The molecular weight excluding hydrogens is 254 g/mol. The zero-order valence-electron chi connectivity index (χ0n) is 10.4. The molecule has 0 saturated heterocycles. The minimum atomic E-state index is -3.06. The maximum atomic E-state index is 11.7. The molecule has 0 unspecified atom stereocenters. The topological polar surface area (TPSA) is 88.2 Å². The number of amides is 1. The van der Waals surface area contributed by atoms with Gasteiger partial charge in [-0.1, -0.05) is 13.0 Å². The largest absolute Gasteiger partial charge is 0.373 e. The van der Waals surface area contributed by atoms with E-state index in [-0.39, 0.29) is 29.7 Å². The van der Waals surface area contributed by atoms with Gasteiger partial charge in [0.25, 0.3) is 5.91 Å². The van der Waals surface area contributed by atoms with Gasteiger partial charge in [0.05, 0.1) is 5.75 Å². The van der Waals surface area contributed by atoms with Gasteiger partial charge < -0.3 is 10.6 Å². The van der Waals surface area contributed by atoms with Crippen molar-refractivity contribution in [3.8, 4) is 0 Å². The van der Waals surface area contributed by atoms with E-state index in [0.29, 0.717) is 5.82 Å². The van der Waals surface area contributed by atoms with Crippen molar-refractivity contribution in [2.45, 2.75) is 6.92 Å². The van der Waals surface area contributed by atoms with Crippen LogP contribution in [0.4, 0.5) is 5.82 Å². The molecule has 1 rings (SSSR count). The first-order valence-corrected chi connectivity index (χ1v) is 7.44. The molecule has 0 aliphatic rings. The Labute approximate surface area is 107 Å². The van der Waals surface area contributed by atoms with Crippen LogP contribution in [0.2, 0.25) is 0 Å². The Hall–Kier alpha value is -1.63. The molecule has 0 fully saturated rings. The number of pyridine rings is 1. The molecule has 0 bridgehead atoms. The lowest BCUT2D eigenvalue weighted by atomic mass is 10.3. The highest BCUT2D eigenvalue weighted by Crippen LogP contribution is 2.03. The van der Waals surface area contributed by atoms with Gasteiger partial charge in [0.2, 0.25) is 0 Å². The van der Waals surface area contributed by atoms with Crippen LogP contribution in [0.15, 0.2) is 18.2 Å². The van der Waals surface area contributed by atoms with E-state index >= 15 is 0 Å². The number of hydrogen-bond donors (Lipinski definition) is 2. The lowest BCUT2D eigenvalue weighted by Gasteiger charge is -2.06. The fraction of sp³-hybridized carbons (Fsp3) is 0.455. The van der Waals surface area contributed by atoms with Gasteiger partial charge in [0.15, 0.2) is 9.84 Å². The van der Waals surface area contributed by atoms with Crippen LogP contribution >= 0.6 is 0 Å². The predicted octanol–water partition coefficient (Wildman–Crippen LogP) is 0.288. The molecule has 6 nitrogen and oxygen atoms in total. The summed E-state index contributed by atoms with van der Waals surface area (Å²) in [6.07, 6.45) is 0. The van der Waals surface area contributed by atoms with Crippen LogP contribution in [-0.4, -0.2) is 44.4 Å². The Morgan fingerprint density at radius 3 is 2.72 bits per heavy atom. The Kier molecular flexibility index (Phi) is 5.08. The van der Waals surface area contributed by atoms with E-state index in [9.17, 15) is 13.2 Å². The van der Waals surface area contributed by atoms with Crippen LogP contribution in [0.5, 0.6) is 0 Å². The number of sulfone groups is 1. The van der Waals surface area contributed by atoms with Crippen molar-refractivity contribution in [2.24, 2.45) is 0 Å². The van der Waals surface area contributed by atoms with Crippen LogP contribution in [-0.2, 0) is 9.84 Å². The lowest BCUT2D eigenvalue weighted by Crippen LogP contribution is -2.30. The highest BCUT2D eigenvalue weighted by atomic mass is 32.2. The summed E-state index contributed by atoms with van der Waals surface area (Å²) in [5, 5.41) is 5.36. The minimum Gasteiger partial charge on any atom is -0.373 e. The van der Waals surface area contributed by atoms with Gasteiger partial charge in [0, 0.05) is 19.3 Å². The number of nitrogens with zero attached hydrogens (tertiary/aromatic N) is 1. The van der Waals surface area contributed by atoms with Crippen LogP contribution < -0.4 is 10.6 Å². The van der Waals surface area contributed by atoms with Gasteiger partial charge in [-0.05, 0) is 12.1 Å². The van der Waals surface area contributed by atoms with Gasteiger partial charge in [-0.25, -0.2) is 13.4 Å². The number of anilines is 1. The number of nitrogens with one attached hydrogen (secondary N) is 2. The van der Waals surface area contributed by atoms with Crippen molar-refractivity contribution in [3.05, 3.63) is 23.9 Å². The fourth-order valence-corrected chi connectivity index (χ4v) is 1.96. The molecule has 0 radical (unpaired) electrons. The van der Waals surface area contributed by atoms with E-state index in [2.05, 4.69) is 15.6 Å². The SMILES string of the molecule is CCS(=O)(=O)CCNC(=O)c1cccc(NC)n1. The van der Waals surface area contributed by atoms with E-state index in [1.54, 1.807) is 32.2 Å². The molecule has 1 aromatic rings. The molecule has 100 valence electrons. The smallest absolute Gasteiger partial charge is 0.269 e. The summed E-state index contributed by atoms with van der Waals surface area (Å²) in [6.45, 7) is 1.68. The first-order chi connectivity index (χ1) is 8.48. The molecule has 0 aliphatic heterocycles.